The zero-order chi connectivity index (χ0) is 11.4. The normalized spacial score (nSPS) is 26.1. The molecule has 1 heterocycles. The summed E-state index contributed by atoms with van der Waals surface area (Å²) in [5.41, 5.74) is 0. The van der Waals surface area contributed by atoms with Gasteiger partial charge in [-0.2, -0.15) is 0 Å². The molecule has 0 saturated carbocycles. The van der Waals surface area contributed by atoms with E-state index in [1.807, 2.05) is 0 Å². The Kier molecular flexibility index (Phi) is 3.74. The zero-order valence-electron chi connectivity index (χ0n) is 9.03. The van der Waals surface area contributed by atoms with Crippen molar-refractivity contribution in [2.24, 2.45) is 0 Å². The van der Waals surface area contributed by atoms with Gasteiger partial charge in [0.1, 0.15) is 17.7 Å². The Morgan fingerprint density at radius 1 is 1.31 bits per heavy atom. The van der Waals surface area contributed by atoms with Gasteiger partial charge in [-0.25, -0.2) is 4.39 Å². The number of aliphatic hydroxyl groups is 1. The largest absolute Gasteiger partial charge is 0.488 e. The van der Waals surface area contributed by atoms with Crippen LogP contribution in [0, 0.1) is 5.82 Å². The van der Waals surface area contributed by atoms with Crippen LogP contribution in [-0.4, -0.2) is 30.4 Å². The predicted octanol–water partition coefficient (Wildman–Crippen LogP) is 1.32. The van der Waals surface area contributed by atoms with E-state index >= 15 is 0 Å². The highest BCUT2D eigenvalue weighted by molar-refractivity contribution is 5.22. The van der Waals surface area contributed by atoms with Crippen molar-refractivity contribution in [2.75, 3.05) is 13.1 Å². The molecular weight excluding hydrogens is 209 g/mol. The van der Waals surface area contributed by atoms with Gasteiger partial charge in [0.25, 0.3) is 0 Å². The highest BCUT2D eigenvalue weighted by atomic mass is 19.1. The van der Waals surface area contributed by atoms with Crippen LogP contribution in [0.1, 0.15) is 12.8 Å². The lowest BCUT2D eigenvalue weighted by Crippen LogP contribution is -2.31. The summed E-state index contributed by atoms with van der Waals surface area (Å²) in [5, 5.41) is 13.0. The Labute approximate surface area is 94.2 Å². The van der Waals surface area contributed by atoms with Crippen LogP contribution < -0.4 is 10.1 Å². The molecule has 3 nitrogen and oxygen atoms in total. The van der Waals surface area contributed by atoms with E-state index in [9.17, 15) is 9.50 Å². The van der Waals surface area contributed by atoms with Crippen LogP contribution >= 0.6 is 0 Å². The fraction of sp³-hybridized carbons (Fsp3) is 0.500. The van der Waals surface area contributed by atoms with E-state index in [0.717, 1.165) is 19.5 Å². The second-order valence-corrected chi connectivity index (χ2v) is 4.01. The molecule has 2 atom stereocenters. The van der Waals surface area contributed by atoms with Gasteiger partial charge in [0.05, 0.1) is 6.10 Å². The first kappa shape index (κ1) is 11.4. The molecule has 1 aliphatic rings. The van der Waals surface area contributed by atoms with Crippen LogP contribution in [-0.2, 0) is 0 Å². The highest BCUT2D eigenvalue weighted by Gasteiger charge is 2.22. The van der Waals surface area contributed by atoms with Crippen molar-refractivity contribution in [3.8, 4) is 5.75 Å². The minimum atomic E-state index is -0.488. The summed E-state index contributed by atoms with van der Waals surface area (Å²) in [5.74, 6) is 0.157. The van der Waals surface area contributed by atoms with Gasteiger partial charge in [-0.1, -0.05) is 6.07 Å². The first-order valence-electron chi connectivity index (χ1n) is 5.57. The third-order valence-corrected chi connectivity index (χ3v) is 2.74. The summed E-state index contributed by atoms with van der Waals surface area (Å²) in [4.78, 5) is 0. The fourth-order valence-electron chi connectivity index (χ4n) is 1.85. The summed E-state index contributed by atoms with van der Waals surface area (Å²) in [6.07, 6.45) is 0.660. The monoisotopic (exact) mass is 225 g/mol. The third-order valence-electron chi connectivity index (χ3n) is 2.74. The van der Waals surface area contributed by atoms with Crippen LogP contribution in [0.3, 0.4) is 0 Å². The van der Waals surface area contributed by atoms with E-state index in [0.29, 0.717) is 12.2 Å². The average Bonchev–Trinajstić information content (AvgIpc) is 2.45. The van der Waals surface area contributed by atoms with Gasteiger partial charge in [0.15, 0.2) is 0 Å². The number of hydrogen-bond donors (Lipinski definition) is 2. The topological polar surface area (TPSA) is 41.5 Å². The van der Waals surface area contributed by atoms with E-state index in [4.69, 9.17) is 4.74 Å². The number of benzene rings is 1. The zero-order valence-corrected chi connectivity index (χ0v) is 9.03. The number of halogens is 1. The highest BCUT2D eigenvalue weighted by Crippen LogP contribution is 2.18. The summed E-state index contributed by atoms with van der Waals surface area (Å²) in [6, 6.07) is 6.02. The maximum atomic E-state index is 12.9. The Hall–Kier alpha value is -1.13. The third kappa shape index (κ3) is 2.93. The minimum Gasteiger partial charge on any atom is -0.488 e. The Balaban J connectivity index is 2.02. The van der Waals surface area contributed by atoms with E-state index in [2.05, 4.69) is 5.32 Å². The standard InChI is InChI=1S/C12H16FNO2/c13-9-2-1-3-10(8-9)16-12-5-7-14-6-4-11(12)15/h1-3,8,11-12,14-15H,4-7H2/t11-,12-/m0/s1. The lowest BCUT2D eigenvalue weighted by molar-refractivity contribution is 0.0348. The van der Waals surface area contributed by atoms with Crippen LogP contribution in [0.5, 0.6) is 5.75 Å². The molecule has 1 aromatic rings. The first-order chi connectivity index (χ1) is 7.75. The number of rotatable bonds is 2. The molecule has 88 valence electrons. The molecule has 4 heteroatoms. The molecule has 1 fully saturated rings. The van der Waals surface area contributed by atoms with Gasteiger partial charge in [-0.15, -0.1) is 0 Å². The van der Waals surface area contributed by atoms with Crippen molar-refractivity contribution in [1.29, 1.82) is 0 Å². The second kappa shape index (κ2) is 5.27. The molecule has 0 unspecified atom stereocenters. The van der Waals surface area contributed by atoms with E-state index in [1.54, 1.807) is 12.1 Å². The number of nitrogens with one attached hydrogen (secondary N) is 1. The molecule has 0 aromatic heterocycles. The van der Waals surface area contributed by atoms with Gasteiger partial charge in [0.2, 0.25) is 0 Å². The lowest BCUT2D eigenvalue weighted by Gasteiger charge is -2.21. The van der Waals surface area contributed by atoms with Crippen LogP contribution in [0.25, 0.3) is 0 Å². The van der Waals surface area contributed by atoms with Crippen molar-refractivity contribution in [3.63, 3.8) is 0 Å². The smallest absolute Gasteiger partial charge is 0.126 e. The molecule has 2 N–H and O–H groups in total. The summed E-state index contributed by atoms with van der Waals surface area (Å²) in [6.45, 7) is 1.61. The Morgan fingerprint density at radius 3 is 2.94 bits per heavy atom. The van der Waals surface area contributed by atoms with Gasteiger partial charge >= 0.3 is 0 Å². The minimum absolute atomic E-state index is 0.253. The van der Waals surface area contributed by atoms with Gasteiger partial charge in [-0.05, 0) is 38.1 Å². The summed E-state index contributed by atoms with van der Waals surface area (Å²) in [7, 11) is 0. The molecule has 1 aromatic carbocycles. The molecule has 1 aliphatic heterocycles. The van der Waals surface area contributed by atoms with Crippen molar-refractivity contribution in [2.45, 2.75) is 25.0 Å². The van der Waals surface area contributed by atoms with Crippen molar-refractivity contribution >= 4 is 0 Å². The quantitative estimate of drug-likeness (QED) is 0.797. The molecule has 1 saturated heterocycles. The average molecular weight is 225 g/mol. The van der Waals surface area contributed by atoms with Gasteiger partial charge in [0, 0.05) is 6.07 Å². The number of ether oxygens (including phenoxy) is 1. The van der Waals surface area contributed by atoms with Gasteiger partial charge < -0.3 is 15.2 Å². The summed E-state index contributed by atoms with van der Waals surface area (Å²) >= 11 is 0. The van der Waals surface area contributed by atoms with E-state index in [-0.39, 0.29) is 11.9 Å². The molecular formula is C12H16FNO2. The molecule has 2 rings (SSSR count). The van der Waals surface area contributed by atoms with Crippen LogP contribution in [0.15, 0.2) is 24.3 Å². The molecule has 0 radical (unpaired) electrons. The SMILES string of the molecule is O[C@H]1CCNCC[C@@H]1Oc1cccc(F)c1. The molecule has 0 amide bonds. The number of aliphatic hydroxyl groups excluding tert-OH is 1. The van der Waals surface area contributed by atoms with E-state index < -0.39 is 6.10 Å². The summed E-state index contributed by atoms with van der Waals surface area (Å²) < 4.78 is 18.5. The maximum Gasteiger partial charge on any atom is 0.126 e. The van der Waals surface area contributed by atoms with Crippen molar-refractivity contribution in [3.05, 3.63) is 30.1 Å². The van der Waals surface area contributed by atoms with Gasteiger partial charge in [-0.3, -0.25) is 0 Å². The molecule has 0 bridgehead atoms. The molecule has 0 aliphatic carbocycles. The molecule has 16 heavy (non-hydrogen) atoms. The lowest BCUT2D eigenvalue weighted by atomic mass is 10.1. The van der Waals surface area contributed by atoms with Crippen LogP contribution in [0.2, 0.25) is 0 Å². The Morgan fingerprint density at radius 2 is 2.12 bits per heavy atom. The fourth-order valence-corrected chi connectivity index (χ4v) is 1.85. The van der Waals surface area contributed by atoms with Crippen molar-refractivity contribution < 1.29 is 14.2 Å². The number of hydrogen-bond acceptors (Lipinski definition) is 3. The predicted molar refractivity (Wildman–Crippen MR) is 58.9 cm³/mol. The first-order valence-corrected chi connectivity index (χ1v) is 5.57. The Bertz CT molecular complexity index is 346. The van der Waals surface area contributed by atoms with Crippen LogP contribution in [0.4, 0.5) is 4.39 Å². The van der Waals surface area contributed by atoms with Crippen molar-refractivity contribution in [1.82, 2.24) is 5.32 Å². The second-order valence-electron chi connectivity index (χ2n) is 4.01. The maximum absolute atomic E-state index is 12.9. The molecule has 0 spiro atoms. The van der Waals surface area contributed by atoms with E-state index in [1.165, 1.54) is 12.1 Å².